The van der Waals surface area contributed by atoms with E-state index in [9.17, 15) is 0 Å². The Morgan fingerprint density at radius 2 is 0.740 bits per heavy atom. The summed E-state index contributed by atoms with van der Waals surface area (Å²) in [6.07, 6.45) is 0. The summed E-state index contributed by atoms with van der Waals surface area (Å²) in [5.41, 5.74) is 12.9. The van der Waals surface area contributed by atoms with Crippen molar-refractivity contribution >= 4 is 74.4 Å². The van der Waals surface area contributed by atoms with Gasteiger partial charge in [0.05, 0.1) is 11.0 Å². The first-order valence-corrected chi connectivity index (χ1v) is 16.9. The molecular formula is C43H29BBr3MgN2. The maximum absolute atomic E-state index is 4.68. The fraction of sp³-hybridized carbons (Fsp3) is 0. The molecule has 237 valence electrons. The van der Waals surface area contributed by atoms with E-state index in [2.05, 4.69) is 181 Å². The molecule has 7 aromatic carbocycles. The third-order valence-electron chi connectivity index (χ3n) is 8.06. The molecule has 0 aliphatic carbocycles. The number of nitrogens with zero attached hydrogens (tertiary/aromatic N) is 1. The number of fused-ring (bicyclic) bond motifs is 1. The number of aromatic amines is 1. The molecule has 1 N–H and O–H groups in total. The molecule has 3 radical (unpaired) electrons. The van der Waals surface area contributed by atoms with Crippen LogP contribution in [-0.2, 0) is 0 Å². The fourth-order valence-corrected chi connectivity index (χ4v) is 6.01. The van der Waals surface area contributed by atoms with Gasteiger partial charge < -0.3 is 22.0 Å². The minimum Gasteiger partial charge on any atom is -1.00 e. The Bertz CT molecular complexity index is 2190. The Morgan fingerprint density at radius 1 is 0.420 bits per heavy atom. The average molecular weight is 849 g/mol. The number of benzene rings is 7. The van der Waals surface area contributed by atoms with Gasteiger partial charge in [0.1, 0.15) is 5.82 Å². The van der Waals surface area contributed by atoms with Crippen LogP contribution in [0.4, 0.5) is 0 Å². The van der Waals surface area contributed by atoms with Crippen molar-refractivity contribution < 1.29 is 17.0 Å². The molecule has 0 amide bonds. The third-order valence-corrected chi connectivity index (χ3v) is 9.11. The van der Waals surface area contributed by atoms with Gasteiger partial charge in [-0.05, 0) is 75.3 Å². The molecule has 0 aliphatic rings. The molecule has 7 heteroatoms. The molecule has 50 heavy (non-hydrogen) atoms. The van der Waals surface area contributed by atoms with Crippen molar-refractivity contribution in [3.63, 3.8) is 0 Å². The second kappa shape index (κ2) is 18.5. The Hall–Kier alpha value is -3.72. The van der Waals surface area contributed by atoms with Crippen molar-refractivity contribution in [1.82, 2.24) is 9.97 Å². The van der Waals surface area contributed by atoms with Crippen molar-refractivity contribution in [3.8, 4) is 55.9 Å². The molecule has 0 saturated heterocycles. The monoisotopic (exact) mass is 845 g/mol. The topological polar surface area (TPSA) is 28.7 Å². The van der Waals surface area contributed by atoms with Gasteiger partial charge in [0.15, 0.2) is 0 Å². The van der Waals surface area contributed by atoms with Gasteiger partial charge in [-0.15, -0.1) is 5.56 Å². The van der Waals surface area contributed by atoms with E-state index < -0.39 is 0 Å². The maximum Gasteiger partial charge on any atom is 2.00 e. The van der Waals surface area contributed by atoms with Crippen molar-refractivity contribution in [2.24, 2.45) is 0 Å². The minimum atomic E-state index is 0. The standard InChI is InChI=1S/C25H17BrN2.C18H12Br.B.BrH.Mg/c26-22-15-13-20(14-16-22)18-7-5-17(6-8-18)19-9-11-21(12-10-19)25-27-23-3-1-2-4-24(23)28-25;19-18-12-10-17(11-13-18)16-8-6-15(7-9-16)14-4-2-1-3-5-14;;;/h1-16H,(H,27,28);2-13H;;1H;/q;-1;;;+2/p-1. The molecule has 0 aliphatic heterocycles. The van der Waals surface area contributed by atoms with Gasteiger partial charge >= 0.3 is 23.1 Å². The van der Waals surface area contributed by atoms with Crippen LogP contribution in [0.15, 0.2) is 179 Å². The van der Waals surface area contributed by atoms with Crippen LogP contribution in [0.1, 0.15) is 0 Å². The van der Waals surface area contributed by atoms with E-state index in [0.29, 0.717) is 0 Å². The number of hydrogen-bond acceptors (Lipinski definition) is 1. The van der Waals surface area contributed by atoms with Crippen LogP contribution in [0.2, 0.25) is 0 Å². The van der Waals surface area contributed by atoms with Crippen LogP contribution in [0.25, 0.3) is 66.9 Å². The van der Waals surface area contributed by atoms with E-state index in [4.69, 9.17) is 0 Å². The second-order valence-electron chi connectivity index (χ2n) is 11.1. The number of halogens is 3. The number of para-hydroxylation sites is 2. The molecule has 8 aromatic rings. The van der Waals surface area contributed by atoms with E-state index in [0.717, 1.165) is 31.4 Å². The third kappa shape index (κ3) is 9.53. The first kappa shape index (κ1) is 39.1. The molecule has 8 rings (SSSR count). The van der Waals surface area contributed by atoms with Crippen LogP contribution in [0.5, 0.6) is 0 Å². The number of H-pyrrole nitrogens is 1. The van der Waals surface area contributed by atoms with E-state index in [1.165, 1.54) is 44.5 Å². The summed E-state index contributed by atoms with van der Waals surface area (Å²) in [4.78, 5) is 8.06. The number of hydrogen-bond donors (Lipinski definition) is 1. The first-order chi connectivity index (χ1) is 23.1. The largest absolute Gasteiger partial charge is 2.00 e. The average Bonchev–Trinajstić information content (AvgIpc) is 3.58. The van der Waals surface area contributed by atoms with Gasteiger partial charge in [-0.3, -0.25) is 0 Å². The minimum absolute atomic E-state index is 0. The smallest absolute Gasteiger partial charge is 1.00 e. The SMILES string of the molecule is Brc1ccc(-c2ccc(-c3cc[c-]cc3)cc2)cc1.Brc1ccc(-c2ccc(-c3ccc(-c4nc5ccccc5[nH]4)cc3)cc2)cc1.[B].[Br-].[Mg+2]. The van der Waals surface area contributed by atoms with Gasteiger partial charge in [0, 0.05) is 22.9 Å². The summed E-state index contributed by atoms with van der Waals surface area (Å²) in [6, 6.07) is 61.8. The van der Waals surface area contributed by atoms with Gasteiger partial charge in [0.2, 0.25) is 0 Å². The molecular weight excluding hydrogens is 819 g/mol. The molecule has 0 unspecified atom stereocenters. The second-order valence-corrected chi connectivity index (χ2v) is 13.0. The van der Waals surface area contributed by atoms with E-state index in [-0.39, 0.29) is 48.4 Å². The van der Waals surface area contributed by atoms with Gasteiger partial charge in [-0.25, -0.2) is 4.98 Å². The number of aromatic nitrogens is 2. The summed E-state index contributed by atoms with van der Waals surface area (Å²) < 4.78 is 2.20. The summed E-state index contributed by atoms with van der Waals surface area (Å²) >= 11 is 6.94. The zero-order valence-corrected chi connectivity index (χ0v) is 33.2. The molecule has 0 fully saturated rings. The number of rotatable bonds is 5. The Labute approximate surface area is 339 Å². The quantitative estimate of drug-likeness (QED) is 0.136. The van der Waals surface area contributed by atoms with E-state index in [1.54, 1.807) is 0 Å². The zero-order valence-electron chi connectivity index (χ0n) is 27.0. The Morgan fingerprint density at radius 3 is 1.12 bits per heavy atom. The number of nitrogens with one attached hydrogen (secondary N) is 1. The van der Waals surface area contributed by atoms with Crippen molar-refractivity contribution in [3.05, 3.63) is 185 Å². The predicted molar refractivity (Wildman–Crippen MR) is 215 cm³/mol. The van der Waals surface area contributed by atoms with Gasteiger partial charge in [0.25, 0.3) is 0 Å². The molecule has 2 nitrogen and oxygen atoms in total. The summed E-state index contributed by atoms with van der Waals surface area (Å²) in [5.74, 6) is 0.901. The molecule has 0 spiro atoms. The summed E-state index contributed by atoms with van der Waals surface area (Å²) in [6.45, 7) is 0. The summed E-state index contributed by atoms with van der Waals surface area (Å²) in [7, 11) is 0. The Balaban J connectivity index is 0.000000226. The van der Waals surface area contributed by atoms with Crippen LogP contribution in [0.3, 0.4) is 0 Å². The zero-order chi connectivity index (χ0) is 32.0. The van der Waals surface area contributed by atoms with Crippen LogP contribution < -0.4 is 17.0 Å². The first-order valence-electron chi connectivity index (χ1n) is 15.3. The van der Waals surface area contributed by atoms with Crippen LogP contribution >= 0.6 is 31.9 Å². The van der Waals surface area contributed by atoms with Gasteiger partial charge in [-0.2, -0.15) is 30.3 Å². The van der Waals surface area contributed by atoms with Crippen molar-refractivity contribution in [2.75, 3.05) is 0 Å². The predicted octanol–water partition coefficient (Wildman–Crippen LogP) is 9.15. The normalized spacial score (nSPS) is 10.1. The number of imidazole rings is 1. The van der Waals surface area contributed by atoms with Gasteiger partial charge in [-0.1, -0.05) is 141 Å². The molecule has 1 heterocycles. The summed E-state index contributed by atoms with van der Waals surface area (Å²) in [5, 5.41) is 0. The van der Waals surface area contributed by atoms with E-state index in [1.807, 2.05) is 36.4 Å². The van der Waals surface area contributed by atoms with Crippen molar-refractivity contribution in [1.29, 1.82) is 0 Å². The van der Waals surface area contributed by atoms with Crippen LogP contribution in [-0.4, -0.2) is 41.4 Å². The fourth-order valence-electron chi connectivity index (χ4n) is 5.48. The van der Waals surface area contributed by atoms with E-state index >= 15 is 0 Å². The molecule has 0 saturated carbocycles. The molecule has 0 bridgehead atoms. The Kier molecular flexibility index (Phi) is 14.5. The van der Waals surface area contributed by atoms with Crippen molar-refractivity contribution in [2.45, 2.75) is 0 Å². The maximum atomic E-state index is 4.68. The molecule has 0 atom stereocenters. The van der Waals surface area contributed by atoms with Crippen LogP contribution in [0, 0.1) is 6.07 Å². The molecule has 1 aromatic heterocycles.